The molecule has 0 saturated carbocycles. The Labute approximate surface area is 201 Å². The van der Waals surface area contributed by atoms with E-state index >= 15 is 0 Å². The Hall–Kier alpha value is -3.29. The van der Waals surface area contributed by atoms with Crippen LogP contribution in [0, 0.1) is 6.92 Å². The number of allylic oxidation sites excluding steroid dienone is 1. The summed E-state index contributed by atoms with van der Waals surface area (Å²) in [7, 11) is 0. The van der Waals surface area contributed by atoms with Crippen molar-refractivity contribution >= 4 is 45.7 Å². The standard InChI is InChI=1S/C25H23ClN4O2S/c1-3-13-30-23(15-32-22-12-11-19(26)14-17(22)2)28-29-25(30)33-16-24(31)27-21-10-6-8-18-7-4-5-9-20(18)21/h3-12,14H,1,13,15-16H2,2H3,(H,27,31). The zero-order valence-electron chi connectivity index (χ0n) is 18.1. The molecule has 33 heavy (non-hydrogen) atoms. The van der Waals surface area contributed by atoms with Gasteiger partial charge in [0.25, 0.3) is 0 Å². The molecular formula is C25H23ClN4O2S. The number of hydrogen-bond donors (Lipinski definition) is 1. The quantitative estimate of drug-likeness (QED) is 0.240. The predicted molar refractivity (Wildman–Crippen MR) is 134 cm³/mol. The van der Waals surface area contributed by atoms with Crippen molar-refractivity contribution in [1.29, 1.82) is 0 Å². The molecule has 1 heterocycles. The molecule has 1 N–H and O–H groups in total. The fraction of sp³-hybridized carbons (Fsp3) is 0.160. The number of hydrogen-bond acceptors (Lipinski definition) is 5. The number of carbonyl (C=O) groups excluding carboxylic acids is 1. The largest absolute Gasteiger partial charge is 0.485 e. The van der Waals surface area contributed by atoms with Gasteiger partial charge in [0.05, 0.1) is 5.75 Å². The van der Waals surface area contributed by atoms with Crippen LogP contribution >= 0.6 is 23.4 Å². The molecule has 0 fully saturated rings. The van der Waals surface area contributed by atoms with E-state index in [2.05, 4.69) is 22.1 Å². The van der Waals surface area contributed by atoms with Crippen LogP contribution in [0.25, 0.3) is 10.8 Å². The number of nitrogens with one attached hydrogen (secondary N) is 1. The molecule has 6 nitrogen and oxygen atoms in total. The summed E-state index contributed by atoms with van der Waals surface area (Å²) in [5.41, 5.74) is 1.73. The second-order valence-corrected chi connectivity index (χ2v) is 8.74. The number of fused-ring (bicyclic) bond motifs is 1. The van der Waals surface area contributed by atoms with E-state index in [0.717, 1.165) is 27.8 Å². The molecule has 0 bridgehead atoms. The lowest BCUT2D eigenvalue weighted by Crippen LogP contribution is -2.15. The van der Waals surface area contributed by atoms with Gasteiger partial charge in [0.2, 0.25) is 5.91 Å². The predicted octanol–water partition coefficient (Wildman–Crippen LogP) is 5.89. The van der Waals surface area contributed by atoms with Crippen LogP contribution in [0.4, 0.5) is 5.69 Å². The van der Waals surface area contributed by atoms with E-state index in [1.807, 2.05) is 66.1 Å². The molecule has 168 valence electrons. The Morgan fingerprint density at radius 3 is 2.82 bits per heavy atom. The van der Waals surface area contributed by atoms with Crippen molar-refractivity contribution in [1.82, 2.24) is 14.8 Å². The number of thioether (sulfide) groups is 1. The van der Waals surface area contributed by atoms with E-state index in [9.17, 15) is 4.79 Å². The molecule has 3 aromatic carbocycles. The van der Waals surface area contributed by atoms with E-state index < -0.39 is 0 Å². The highest BCUT2D eigenvalue weighted by Gasteiger charge is 2.15. The maximum absolute atomic E-state index is 12.6. The molecule has 0 aliphatic rings. The molecule has 1 amide bonds. The molecule has 4 aromatic rings. The monoisotopic (exact) mass is 478 g/mol. The SMILES string of the molecule is C=CCn1c(COc2ccc(Cl)cc2C)nnc1SCC(=O)Nc1cccc2ccccc12. The first-order valence-corrected chi connectivity index (χ1v) is 11.7. The van der Waals surface area contributed by atoms with Crippen molar-refractivity contribution in [3.63, 3.8) is 0 Å². The maximum Gasteiger partial charge on any atom is 0.234 e. The number of carbonyl (C=O) groups is 1. The normalized spacial score (nSPS) is 10.8. The third kappa shape index (κ3) is 5.56. The fourth-order valence-corrected chi connectivity index (χ4v) is 4.41. The summed E-state index contributed by atoms with van der Waals surface area (Å²) in [5, 5.41) is 14.9. The van der Waals surface area contributed by atoms with Gasteiger partial charge in [-0.05, 0) is 42.1 Å². The van der Waals surface area contributed by atoms with Gasteiger partial charge in [0.1, 0.15) is 12.4 Å². The molecule has 4 rings (SSSR count). The number of rotatable bonds is 9. The highest BCUT2D eigenvalue weighted by Crippen LogP contribution is 2.25. The molecule has 0 saturated heterocycles. The average molecular weight is 479 g/mol. The summed E-state index contributed by atoms with van der Waals surface area (Å²) in [5.74, 6) is 1.48. The lowest BCUT2D eigenvalue weighted by Gasteiger charge is -2.11. The van der Waals surface area contributed by atoms with Gasteiger partial charge in [-0.15, -0.1) is 16.8 Å². The van der Waals surface area contributed by atoms with Gasteiger partial charge in [0.15, 0.2) is 11.0 Å². The summed E-state index contributed by atoms with van der Waals surface area (Å²) in [4.78, 5) is 12.6. The van der Waals surface area contributed by atoms with Crippen molar-refractivity contribution < 1.29 is 9.53 Å². The van der Waals surface area contributed by atoms with Crippen molar-refractivity contribution in [3.8, 4) is 5.75 Å². The molecule has 8 heteroatoms. The van der Waals surface area contributed by atoms with Gasteiger partial charge >= 0.3 is 0 Å². The first-order valence-electron chi connectivity index (χ1n) is 10.4. The molecule has 0 aliphatic carbocycles. The highest BCUT2D eigenvalue weighted by atomic mass is 35.5. The lowest BCUT2D eigenvalue weighted by atomic mass is 10.1. The van der Waals surface area contributed by atoms with E-state index in [-0.39, 0.29) is 18.3 Å². The highest BCUT2D eigenvalue weighted by molar-refractivity contribution is 7.99. The number of ether oxygens (including phenoxy) is 1. The van der Waals surface area contributed by atoms with Gasteiger partial charge in [-0.3, -0.25) is 9.36 Å². The van der Waals surface area contributed by atoms with Gasteiger partial charge < -0.3 is 10.1 Å². The van der Waals surface area contributed by atoms with Crippen LogP contribution in [0.3, 0.4) is 0 Å². The molecule has 1 aromatic heterocycles. The summed E-state index contributed by atoms with van der Waals surface area (Å²) in [6.45, 7) is 6.51. The second kappa shape index (κ2) is 10.6. The summed E-state index contributed by atoms with van der Waals surface area (Å²) in [6.07, 6.45) is 1.76. The number of aryl methyl sites for hydroxylation is 1. The first kappa shape index (κ1) is 22.9. The Bertz CT molecular complexity index is 1300. The zero-order chi connectivity index (χ0) is 23.2. The van der Waals surface area contributed by atoms with Crippen molar-refractivity contribution in [3.05, 3.63) is 89.7 Å². The first-order chi connectivity index (χ1) is 16.0. The minimum Gasteiger partial charge on any atom is -0.485 e. The minimum absolute atomic E-state index is 0.112. The van der Waals surface area contributed by atoms with E-state index in [4.69, 9.17) is 16.3 Å². The molecular weight excluding hydrogens is 456 g/mol. The lowest BCUT2D eigenvalue weighted by molar-refractivity contribution is -0.113. The van der Waals surface area contributed by atoms with Crippen molar-refractivity contribution in [2.75, 3.05) is 11.1 Å². The Kier molecular flexibility index (Phi) is 7.32. The Balaban J connectivity index is 1.41. The summed E-state index contributed by atoms with van der Waals surface area (Å²) in [6, 6.07) is 19.3. The summed E-state index contributed by atoms with van der Waals surface area (Å²) >= 11 is 7.34. The number of nitrogens with zero attached hydrogens (tertiary/aromatic N) is 3. The molecule has 0 atom stereocenters. The number of benzene rings is 3. The number of halogens is 1. The van der Waals surface area contributed by atoms with Gasteiger partial charge in [-0.1, -0.05) is 65.8 Å². The van der Waals surface area contributed by atoms with Crippen LogP contribution in [0.5, 0.6) is 5.75 Å². The molecule has 0 spiro atoms. The van der Waals surface area contributed by atoms with Crippen LogP contribution in [-0.2, 0) is 17.9 Å². The van der Waals surface area contributed by atoms with Crippen LogP contribution in [-0.4, -0.2) is 26.4 Å². The van der Waals surface area contributed by atoms with E-state index in [1.165, 1.54) is 11.8 Å². The fourth-order valence-electron chi connectivity index (χ4n) is 3.41. The number of aromatic nitrogens is 3. The summed E-state index contributed by atoms with van der Waals surface area (Å²) < 4.78 is 7.82. The second-order valence-electron chi connectivity index (χ2n) is 7.36. The molecule has 0 radical (unpaired) electrons. The number of anilines is 1. The van der Waals surface area contributed by atoms with Crippen LogP contribution in [0.2, 0.25) is 5.02 Å². The Morgan fingerprint density at radius 2 is 2.00 bits per heavy atom. The van der Waals surface area contributed by atoms with Gasteiger partial charge in [-0.25, -0.2) is 0 Å². The van der Waals surface area contributed by atoms with Crippen LogP contribution < -0.4 is 10.1 Å². The third-order valence-electron chi connectivity index (χ3n) is 4.99. The van der Waals surface area contributed by atoms with Crippen LogP contribution in [0.15, 0.2) is 78.5 Å². The molecule has 0 unspecified atom stereocenters. The van der Waals surface area contributed by atoms with Crippen molar-refractivity contribution in [2.45, 2.75) is 25.2 Å². The average Bonchev–Trinajstić information content (AvgIpc) is 3.19. The topological polar surface area (TPSA) is 69.0 Å². The smallest absolute Gasteiger partial charge is 0.234 e. The third-order valence-corrected chi connectivity index (χ3v) is 6.20. The number of amides is 1. The zero-order valence-corrected chi connectivity index (χ0v) is 19.7. The van der Waals surface area contributed by atoms with Gasteiger partial charge in [0, 0.05) is 22.6 Å². The van der Waals surface area contributed by atoms with E-state index in [1.54, 1.807) is 12.1 Å². The maximum atomic E-state index is 12.6. The van der Waals surface area contributed by atoms with E-state index in [0.29, 0.717) is 22.5 Å². The Morgan fingerprint density at radius 1 is 1.18 bits per heavy atom. The molecule has 0 aliphatic heterocycles. The van der Waals surface area contributed by atoms with Gasteiger partial charge in [-0.2, -0.15) is 0 Å². The minimum atomic E-state index is -0.112. The van der Waals surface area contributed by atoms with Crippen LogP contribution in [0.1, 0.15) is 11.4 Å². The van der Waals surface area contributed by atoms with Crippen molar-refractivity contribution in [2.24, 2.45) is 0 Å².